The molecule has 1 aromatic carbocycles. The Hall–Kier alpha value is -2.22. The summed E-state index contributed by atoms with van der Waals surface area (Å²) in [7, 11) is 0. The normalized spacial score (nSPS) is 25.9. The Morgan fingerprint density at radius 3 is 2.96 bits per heavy atom. The number of guanidine groups is 1. The highest BCUT2D eigenvalue weighted by Crippen LogP contribution is 2.26. The molecule has 0 aliphatic carbocycles. The van der Waals surface area contributed by atoms with Crippen molar-refractivity contribution in [2.24, 2.45) is 15.1 Å². The topological polar surface area (TPSA) is 61.6 Å². The fourth-order valence-electron chi connectivity index (χ4n) is 2.63. The molecular formula is C15H16ClN6O+. The molecule has 0 radical (unpaired) electrons. The molecule has 3 heterocycles. The van der Waals surface area contributed by atoms with Gasteiger partial charge in [-0.25, -0.2) is 0 Å². The Balaban J connectivity index is 1.54. The van der Waals surface area contributed by atoms with E-state index in [0.717, 1.165) is 37.7 Å². The van der Waals surface area contributed by atoms with E-state index in [1.165, 1.54) is 0 Å². The van der Waals surface area contributed by atoms with E-state index < -0.39 is 0 Å². The summed E-state index contributed by atoms with van der Waals surface area (Å²) in [5.41, 5.74) is 2.07. The number of nitrogens with zero attached hydrogens (tertiary/aromatic N) is 5. The summed E-state index contributed by atoms with van der Waals surface area (Å²) >= 11 is 6.37. The molecular weight excluding hydrogens is 316 g/mol. The van der Waals surface area contributed by atoms with Crippen molar-refractivity contribution in [3.05, 3.63) is 36.7 Å². The van der Waals surface area contributed by atoms with E-state index in [-0.39, 0.29) is 4.11 Å². The van der Waals surface area contributed by atoms with Crippen molar-refractivity contribution in [2.45, 2.75) is 0 Å². The monoisotopic (exact) mass is 331 g/mol. The van der Waals surface area contributed by atoms with Crippen LogP contribution in [0.2, 0.25) is 0 Å². The third-order valence-electron chi connectivity index (χ3n) is 3.80. The van der Waals surface area contributed by atoms with E-state index in [9.17, 15) is 0 Å². The molecule has 4 rings (SSSR count). The number of halogens is 1. The van der Waals surface area contributed by atoms with Crippen molar-refractivity contribution in [1.82, 2.24) is 0 Å². The Morgan fingerprint density at radius 2 is 2.13 bits per heavy atom. The predicted octanol–water partition coefficient (Wildman–Crippen LogP) is 2.14. The molecule has 1 aromatic rings. The van der Waals surface area contributed by atoms with Crippen LogP contribution in [0.3, 0.4) is 0 Å². The van der Waals surface area contributed by atoms with Crippen molar-refractivity contribution in [2.75, 3.05) is 36.5 Å². The maximum absolute atomic E-state index is 6.37. The Kier molecular flexibility index (Phi) is 3.60. The molecule has 1 N–H and O–H groups in total. The van der Waals surface area contributed by atoms with E-state index in [0.29, 0.717) is 11.8 Å². The first-order valence-corrected chi connectivity index (χ1v) is 7.75. The number of quaternary nitrogens is 1. The van der Waals surface area contributed by atoms with Crippen LogP contribution in [0.1, 0.15) is 0 Å². The summed E-state index contributed by atoms with van der Waals surface area (Å²) in [6.45, 7) is 3.32. The molecule has 1 atom stereocenters. The summed E-state index contributed by atoms with van der Waals surface area (Å²) < 4.78 is 5.17. The molecule has 0 aromatic heterocycles. The lowest BCUT2D eigenvalue weighted by Gasteiger charge is -2.29. The Bertz CT molecular complexity index is 737. The Morgan fingerprint density at radius 1 is 1.26 bits per heavy atom. The summed E-state index contributed by atoms with van der Waals surface area (Å²) in [5.74, 6) is 1.04. The molecule has 118 valence electrons. The maximum Gasteiger partial charge on any atom is 0.300 e. The van der Waals surface area contributed by atoms with Crippen LogP contribution in [-0.4, -0.2) is 48.4 Å². The van der Waals surface area contributed by atoms with Gasteiger partial charge in [-0.3, -0.25) is 4.99 Å². The zero-order chi connectivity index (χ0) is 15.7. The van der Waals surface area contributed by atoms with Gasteiger partial charge in [-0.2, -0.15) is 0 Å². The average molecular weight is 332 g/mol. The first kappa shape index (κ1) is 14.4. The first-order valence-electron chi connectivity index (χ1n) is 7.41. The number of nitrogens with one attached hydrogen (secondary N) is 1. The second-order valence-corrected chi connectivity index (χ2v) is 5.86. The van der Waals surface area contributed by atoms with Crippen LogP contribution in [0, 0.1) is 0 Å². The highest BCUT2D eigenvalue weighted by atomic mass is 35.5. The summed E-state index contributed by atoms with van der Waals surface area (Å²) in [6.07, 6.45) is 4.88. The zero-order valence-corrected chi connectivity index (χ0v) is 13.1. The highest BCUT2D eigenvalue weighted by Gasteiger charge is 2.39. The van der Waals surface area contributed by atoms with Gasteiger partial charge in [0.05, 0.1) is 19.4 Å². The number of aliphatic imine (C=N–C) groups is 2. The van der Waals surface area contributed by atoms with Gasteiger partial charge in [0.1, 0.15) is 6.21 Å². The number of ether oxygens (including phenoxy) is 1. The quantitative estimate of drug-likeness (QED) is 0.845. The van der Waals surface area contributed by atoms with Crippen molar-refractivity contribution in [1.29, 1.82) is 0 Å². The van der Waals surface area contributed by atoms with Gasteiger partial charge in [0.25, 0.3) is 11.8 Å². The number of morpholine rings is 1. The molecule has 0 saturated carbocycles. The minimum absolute atomic E-state index is 0.227. The molecule has 1 fully saturated rings. The van der Waals surface area contributed by atoms with Gasteiger partial charge in [0.2, 0.25) is 11.8 Å². The van der Waals surface area contributed by atoms with E-state index in [4.69, 9.17) is 16.5 Å². The van der Waals surface area contributed by atoms with Gasteiger partial charge in [0, 0.05) is 24.5 Å². The van der Waals surface area contributed by atoms with E-state index in [1.54, 1.807) is 18.6 Å². The summed E-state index contributed by atoms with van der Waals surface area (Å²) in [4.78, 5) is 10.7. The van der Waals surface area contributed by atoms with Gasteiger partial charge < -0.3 is 15.0 Å². The zero-order valence-electron chi connectivity index (χ0n) is 12.4. The van der Waals surface area contributed by atoms with E-state index in [2.05, 4.69) is 37.4 Å². The number of hydrogen-bond donors (Lipinski definition) is 1. The largest absolute Gasteiger partial charge is 0.378 e. The minimum atomic E-state index is -0.227. The second-order valence-electron chi connectivity index (χ2n) is 5.35. The van der Waals surface area contributed by atoms with Crippen molar-refractivity contribution >= 4 is 41.2 Å². The summed E-state index contributed by atoms with van der Waals surface area (Å²) in [5, 5.41) is 7.58. The van der Waals surface area contributed by atoms with Crippen LogP contribution in [0.15, 0.2) is 51.8 Å². The molecule has 23 heavy (non-hydrogen) atoms. The standard InChI is InChI=1S/C15H16ClN6O/c16-22-7-4-17-11-14(22)19-15(20-22)18-12-2-1-3-13(10-12)21-5-8-23-9-6-21/h1-4,7,10-11H,5-6,8-9H2,(H,18,20)/q+1. The van der Waals surface area contributed by atoms with Crippen LogP contribution in [0.4, 0.5) is 11.4 Å². The number of amidine groups is 1. The van der Waals surface area contributed by atoms with Gasteiger partial charge in [0.15, 0.2) is 6.20 Å². The van der Waals surface area contributed by atoms with Crippen LogP contribution in [0.25, 0.3) is 0 Å². The number of hydrogen-bond acceptors (Lipinski definition) is 6. The van der Waals surface area contributed by atoms with Gasteiger partial charge in [-0.15, -0.1) is 4.99 Å². The number of rotatable bonds is 2. The Labute approximate surface area is 138 Å². The summed E-state index contributed by atoms with van der Waals surface area (Å²) in [6, 6.07) is 8.16. The third-order valence-corrected chi connectivity index (χ3v) is 4.16. The average Bonchev–Trinajstić information content (AvgIpc) is 2.91. The predicted molar refractivity (Wildman–Crippen MR) is 91.7 cm³/mol. The van der Waals surface area contributed by atoms with E-state index >= 15 is 0 Å². The molecule has 3 aliphatic heterocycles. The van der Waals surface area contributed by atoms with Crippen molar-refractivity contribution < 1.29 is 8.85 Å². The lowest BCUT2D eigenvalue weighted by atomic mass is 10.2. The van der Waals surface area contributed by atoms with Gasteiger partial charge >= 0.3 is 0 Å². The molecule has 0 spiro atoms. The fraction of sp³-hybridized carbons (Fsp3) is 0.267. The molecule has 8 heteroatoms. The molecule has 1 saturated heterocycles. The maximum atomic E-state index is 6.37. The molecule has 0 amide bonds. The molecule has 0 bridgehead atoms. The SMILES string of the molecule is Cl[N+]12C=CN=CC1=NC(Nc1cccc(N3CCOCC3)c1)=N2. The van der Waals surface area contributed by atoms with Crippen LogP contribution in [0.5, 0.6) is 0 Å². The minimum Gasteiger partial charge on any atom is -0.378 e. The van der Waals surface area contributed by atoms with Gasteiger partial charge in [-0.05, 0) is 27.4 Å². The lowest BCUT2D eigenvalue weighted by Crippen LogP contribution is -2.36. The van der Waals surface area contributed by atoms with Crippen LogP contribution in [-0.2, 0) is 4.74 Å². The van der Waals surface area contributed by atoms with E-state index in [1.807, 2.05) is 12.1 Å². The lowest BCUT2D eigenvalue weighted by molar-refractivity contribution is -0.659. The third kappa shape index (κ3) is 2.86. The number of anilines is 2. The first-order chi connectivity index (χ1) is 11.2. The van der Waals surface area contributed by atoms with Crippen molar-refractivity contribution in [3.8, 4) is 0 Å². The highest BCUT2D eigenvalue weighted by molar-refractivity contribution is 6.36. The van der Waals surface area contributed by atoms with Crippen molar-refractivity contribution in [3.63, 3.8) is 0 Å². The number of benzene rings is 1. The molecule has 1 unspecified atom stereocenters. The van der Waals surface area contributed by atoms with Crippen LogP contribution < -0.4 is 10.2 Å². The number of fused-ring (bicyclic) bond motifs is 1. The van der Waals surface area contributed by atoms with Gasteiger partial charge in [-0.1, -0.05) is 6.07 Å². The molecule has 3 aliphatic rings. The smallest absolute Gasteiger partial charge is 0.300 e. The van der Waals surface area contributed by atoms with Crippen LogP contribution >= 0.6 is 11.8 Å². The fourth-order valence-corrected chi connectivity index (χ4v) is 2.83. The molecule has 7 nitrogen and oxygen atoms in total. The second kappa shape index (κ2) is 5.77.